The van der Waals surface area contributed by atoms with E-state index in [4.69, 9.17) is 0 Å². The van der Waals surface area contributed by atoms with Crippen molar-refractivity contribution in [3.63, 3.8) is 0 Å². The van der Waals surface area contributed by atoms with E-state index in [1.807, 2.05) is 24.3 Å². The maximum absolute atomic E-state index is 12.7. The zero-order chi connectivity index (χ0) is 18.4. The summed E-state index contributed by atoms with van der Waals surface area (Å²) in [5, 5.41) is 0.842. The van der Waals surface area contributed by atoms with Crippen LogP contribution in [0.1, 0.15) is 36.1 Å². The predicted molar refractivity (Wildman–Crippen MR) is 98.3 cm³/mol. The number of para-hydroxylation sites is 1. The number of carbonyl (C=O) groups is 3. The van der Waals surface area contributed by atoms with Crippen molar-refractivity contribution in [1.29, 1.82) is 0 Å². The summed E-state index contributed by atoms with van der Waals surface area (Å²) in [6.07, 6.45) is 0. The summed E-state index contributed by atoms with van der Waals surface area (Å²) in [5.41, 5.74) is 1.90. The van der Waals surface area contributed by atoms with Crippen LogP contribution in [0.15, 0.2) is 42.5 Å². The van der Waals surface area contributed by atoms with Gasteiger partial charge in [0.05, 0.1) is 27.9 Å². The first-order valence-corrected chi connectivity index (χ1v) is 8.83. The average molecular weight is 365 g/mol. The number of benzene rings is 2. The van der Waals surface area contributed by atoms with Crippen molar-refractivity contribution in [2.45, 2.75) is 6.54 Å². The van der Waals surface area contributed by atoms with Crippen molar-refractivity contribution < 1.29 is 14.4 Å². The molecule has 0 N–H and O–H groups in total. The Hall–Kier alpha value is -3.06. The smallest absolute Gasteiger partial charge is 0.261 e. The molecule has 6 nitrogen and oxygen atoms in total. The summed E-state index contributed by atoms with van der Waals surface area (Å²) in [6.45, 7) is 0.377. The van der Waals surface area contributed by atoms with Gasteiger partial charge in [0.15, 0.2) is 0 Å². The van der Waals surface area contributed by atoms with Gasteiger partial charge in [-0.05, 0) is 30.3 Å². The van der Waals surface area contributed by atoms with Gasteiger partial charge < -0.3 is 4.90 Å². The Balaban J connectivity index is 1.58. The fourth-order valence-electron chi connectivity index (χ4n) is 2.98. The van der Waals surface area contributed by atoms with Gasteiger partial charge in [0.1, 0.15) is 5.01 Å². The van der Waals surface area contributed by atoms with Gasteiger partial charge in [0.2, 0.25) is 0 Å². The predicted octanol–water partition coefficient (Wildman–Crippen LogP) is 2.79. The number of aromatic nitrogens is 1. The second-order valence-electron chi connectivity index (χ2n) is 6.17. The normalized spacial score (nSPS) is 13.4. The van der Waals surface area contributed by atoms with E-state index in [1.165, 1.54) is 19.2 Å². The summed E-state index contributed by atoms with van der Waals surface area (Å²) in [7, 11) is 3.13. The highest BCUT2D eigenvalue weighted by Gasteiger charge is 2.33. The van der Waals surface area contributed by atoms with E-state index in [2.05, 4.69) is 4.98 Å². The van der Waals surface area contributed by atoms with E-state index < -0.39 is 0 Å². The van der Waals surface area contributed by atoms with Crippen molar-refractivity contribution in [2.24, 2.45) is 0 Å². The topological polar surface area (TPSA) is 70.6 Å². The number of thiazole rings is 1. The first-order valence-electron chi connectivity index (χ1n) is 8.02. The first-order chi connectivity index (χ1) is 12.5. The minimum absolute atomic E-state index is 0.221. The minimum Gasteiger partial charge on any atom is -0.335 e. The SMILES string of the molecule is CN(Cc1nc2ccccc2s1)C(=O)c1ccc2c(c1)C(=O)N(C)C2=O. The van der Waals surface area contributed by atoms with Gasteiger partial charge in [-0.15, -0.1) is 11.3 Å². The largest absolute Gasteiger partial charge is 0.335 e. The zero-order valence-electron chi connectivity index (χ0n) is 14.2. The van der Waals surface area contributed by atoms with Gasteiger partial charge in [0.25, 0.3) is 17.7 Å². The van der Waals surface area contributed by atoms with Crippen LogP contribution in [0.5, 0.6) is 0 Å². The molecular formula is C19H15N3O3S. The van der Waals surface area contributed by atoms with Gasteiger partial charge in [-0.3, -0.25) is 19.3 Å². The van der Waals surface area contributed by atoms with Crippen LogP contribution < -0.4 is 0 Å². The molecule has 7 heteroatoms. The highest BCUT2D eigenvalue weighted by molar-refractivity contribution is 7.18. The number of hydrogen-bond donors (Lipinski definition) is 0. The molecule has 0 unspecified atom stereocenters. The Morgan fingerprint density at radius 1 is 1.12 bits per heavy atom. The van der Waals surface area contributed by atoms with Crippen LogP contribution in [-0.2, 0) is 6.54 Å². The first kappa shape index (κ1) is 16.4. The third kappa shape index (κ3) is 2.57. The lowest BCUT2D eigenvalue weighted by Crippen LogP contribution is -2.26. The lowest BCUT2D eigenvalue weighted by atomic mass is 10.0. The van der Waals surface area contributed by atoms with Crippen LogP contribution in [0.3, 0.4) is 0 Å². The van der Waals surface area contributed by atoms with Crippen molar-refractivity contribution >= 4 is 39.3 Å². The zero-order valence-corrected chi connectivity index (χ0v) is 15.0. The van der Waals surface area contributed by atoms with E-state index in [1.54, 1.807) is 29.4 Å². The highest BCUT2D eigenvalue weighted by atomic mass is 32.1. The molecular weight excluding hydrogens is 350 g/mol. The molecule has 0 saturated carbocycles. The lowest BCUT2D eigenvalue weighted by Gasteiger charge is -2.16. The average Bonchev–Trinajstić information content (AvgIpc) is 3.15. The Bertz CT molecular complexity index is 1040. The summed E-state index contributed by atoms with van der Waals surface area (Å²) < 4.78 is 1.08. The fraction of sp³-hybridized carbons (Fsp3) is 0.158. The van der Waals surface area contributed by atoms with Crippen molar-refractivity contribution in [3.05, 3.63) is 64.2 Å². The number of fused-ring (bicyclic) bond motifs is 2. The maximum Gasteiger partial charge on any atom is 0.261 e. The van der Waals surface area contributed by atoms with Crippen LogP contribution in [-0.4, -0.2) is 46.6 Å². The molecule has 4 rings (SSSR count). The molecule has 0 saturated heterocycles. The summed E-state index contributed by atoms with van der Waals surface area (Å²) in [6, 6.07) is 12.4. The van der Waals surface area contributed by atoms with E-state index in [9.17, 15) is 14.4 Å². The third-order valence-electron chi connectivity index (χ3n) is 4.39. The standard InChI is InChI=1S/C19H15N3O3S/c1-21(10-16-20-14-5-3-4-6-15(14)26-16)17(23)11-7-8-12-13(9-11)19(25)22(2)18(12)24/h3-9H,10H2,1-2H3. The molecule has 1 aliphatic rings. The molecule has 2 heterocycles. The van der Waals surface area contributed by atoms with Crippen molar-refractivity contribution in [3.8, 4) is 0 Å². The fourth-order valence-corrected chi connectivity index (χ4v) is 4.00. The summed E-state index contributed by atoms with van der Waals surface area (Å²) in [5.74, 6) is -0.942. The van der Waals surface area contributed by atoms with Gasteiger partial charge in [0, 0.05) is 19.7 Å². The molecule has 1 aliphatic heterocycles. The van der Waals surface area contributed by atoms with Gasteiger partial charge in [-0.2, -0.15) is 0 Å². The third-order valence-corrected chi connectivity index (χ3v) is 5.42. The molecule has 0 fully saturated rings. The van der Waals surface area contributed by atoms with Crippen LogP contribution in [0.2, 0.25) is 0 Å². The quantitative estimate of drug-likeness (QED) is 0.669. The molecule has 26 heavy (non-hydrogen) atoms. The molecule has 130 valence electrons. The summed E-state index contributed by atoms with van der Waals surface area (Å²) in [4.78, 5) is 43.9. The molecule has 0 atom stereocenters. The number of hydrogen-bond acceptors (Lipinski definition) is 5. The van der Waals surface area contributed by atoms with Crippen LogP contribution >= 0.6 is 11.3 Å². The van der Waals surface area contributed by atoms with Gasteiger partial charge in [-0.1, -0.05) is 12.1 Å². The molecule has 1 aromatic heterocycles. The van der Waals surface area contributed by atoms with E-state index in [-0.39, 0.29) is 23.3 Å². The second kappa shape index (κ2) is 6.03. The molecule has 3 amide bonds. The van der Waals surface area contributed by atoms with E-state index >= 15 is 0 Å². The number of rotatable bonds is 3. The Morgan fingerprint density at radius 2 is 1.85 bits per heavy atom. The molecule has 3 aromatic rings. The van der Waals surface area contributed by atoms with E-state index in [0.717, 1.165) is 20.1 Å². The highest BCUT2D eigenvalue weighted by Crippen LogP contribution is 2.25. The minimum atomic E-state index is -0.381. The molecule has 0 bridgehead atoms. The van der Waals surface area contributed by atoms with Crippen LogP contribution in [0.4, 0.5) is 0 Å². The van der Waals surface area contributed by atoms with Crippen molar-refractivity contribution in [2.75, 3.05) is 14.1 Å². The maximum atomic E-state index is 12.7. The van der Waals surface area contributed by atoms with Crippen molar-refractivity contribution in [1.82, 2.24) is 14.8 Å². The van der Waals surface area contributed by atoms with Gasteiger partial charge in [-0.25, -0.2) is 4.98 Å². The van der Waals surface area contributed by atoms with E-state index in [0.29, 0.717) is 17.7 Å². The van der Waals surface area contributed by atoms with Crippen LogP contribution in [0.25, 0.3) is 10.2 Å². The molecule has 0 spiro atoms. The van der Waals surface area contributed by atoms with Gasteiger partial charge >= 0.3 is 0 Å². The Kier molecular flexibility index (Phi) is 3.81. The Labute approximate surface area is 153 Å². The Morgan fingerprint density at radius 3 is 2.62 bits per heavy atom. The number of carbonyl (C=O) groups excluding carboxylic acids is 3. The van der Waals surface area contributed by atoms with Crippen LogP contribution in [0, 0.1) is 0 Å². The second-order valence-corrected chi connectivity index (χ2v) is 7.28. The molecule has 2 aromatic carbocycles. The molecule has 0 aliphatic carbocycles. The lowest BCUT2D eigenvalue weighted by molar-refractivity contribution is 0.0692. The molecule has 0 radical (unpaired) electrons. The number of amides is 3. The monoisotopic (exact) mass is 365 g/mol. The summed E-state index contributed by atoms with van der Waals surface area (Å²) >= 11 is 1.55. The number of imide groups is 1. The number of nitrogens with zero attached hydrogens (tertiary/aromatic N) is 3.